The molecule has 0 saturated carbocycles. The van der Waals surface area contributed by atoms with Crippen LogP contribution in [0.25, 0.3) is 0 Å². The molecule has 1 aliphatic rings. The van der Waals surface area contributed by atoms with Crippen molar-refractivity contribution in [2.24, 2.45) is 5.92 Å². The van der Waals surface area contributed by atoms with Gasteiger partial charge in [0.15, 0.2) is 0 Å². The first-order chi connectivity index (χ1) is 13.7. The average molecular weight is 401 g/mol. The maximum atomic E-state index is 12.5. The second kappa shape index (κ2) is 10.3. The molecule has 3 rings (SSSR count). The van der Waals surface area contributed by atoms with Crippen molar-refractivity contribution in [3.05, 3.63) is 53.7 Å². The predicted octanol–water partition coefficient (Wildman–Crippen LogP) is 3.98. The summed E-state index contributed by atoms with van der Waals surface area (Å²) in [4.78, 5) is 21.4. The normalized spacial score (nSPS) is 14.7. The SMILES string of the molecule is CCN(CCCNC(=O)C1CCN(c2ccc(Cl)cn2)CC1)c1ccccc1. The Labute approximate surface area is 172 Å². The van der Waals surface area contributed by atoms with Crippen LogP contribution < -0.4 is 15.1 Å². The van der Waals surface area contributed by atoms with Crippen LogP contribution in [-0.4, -0.2) is 43.6 Å². The lowest BCUT2D eigenvalue weighted by molar-refractivity contribution is -0.125. The molecule has 0 aliphatic carbocycles. The Kier molecular flexibility index (Phi) is 7.54. The minimum Gasteiger partial charge on any atom is -0.372 e. The van der Waals surface area contributed by atoms with E-state index in [2.05, 4.69) is 51.3 Å². The van der Waals surface area contributed by atoms with Gasteiger partial charge in [-0.05, 0) is 50.5 Å². The summed E-state index contributed by atoms with van der Waals surface area (Å²) in [5.41, 5.74) is 1.24. The summed E-state index contributed by atoms with van der Waals surface area (Å²) in [6.45, 7) is 6.50. The summed E-state index contributed by atoms with van der Waals surface area (Å²) in [6.07, 6.45) is 4.34. The standard InChI is InChI=1S/C22H29ClN4O/c1-2-26(20-7-4-3-5-8-20)14-6-13-24-22(28)18-11-15-27(16-12-18)21-10-9-19(23)17-25-21/h3-5,7-10,17-18H,2,6,11-16H2,1H3,(H,24,28). The van der Waals surface area contributed by atoms with E-state index in [9.17, 15) is 4.79 Å². The van der Waals surface area contributed by atoms with E-state index in [1.807, 2.05) is 18.2 Å². The average Bonchev–Trinajstić information content (AvgIpc) is 2.75. The molecule has 0 atom stereocenters. The van der Waals surface area contributed by atoms with E-state index < -0.39 is 0 Å². The highest BCUT2D eigenvalue weighted by molar-refractivity contribution is 6.30. The number of amides is 1. The van der Waals surface area contributed by atoms with Gasteiger partial charge in [0.05, 0.1) is 5.02 Å². The lowest BCUT2D eigenvalue weighted by Crippen LogP contribution is -2.41. The molecule has 0 bridgehead atoms. The topological polar surface area (TPSA) is 48.5 Å². The Morgan fingerprint density at radius 2 is 1.96 bits per heavy atom. The predicted molar refractivity (Wildman–Crippen MR) is 116 cm³/mol. The monoisotopic (exact) mass is 400 g/mol. The van der Waals surface area contributed by atoms with E-state index in [-0.39, 0.29) is 11.8 Å². The molecule has 2 heterocycles. The van der Waals surface area contributed by atoms with Crippen LogP contribution >= 0.6 is 11.6 Å². The molecule has 2 aromatic rings. The summed E-state index contributed by atoms with van der Waals surface area (Å²) in [6, 6.07) is 14.2. The number of para-hydroxylation sites is 1. The number of halogens is 1. The summed E-state index contributed by atoms with van der Waals surface area (Å²) >= 11 is 5.90. The third kappa shape index (κ3) is 5.61. The number of anilines is 2. The van der Waals surface area contributed by atoms with Crippen LogP contribution in [0, 0.1) is 5.92 Å². The fourth-order valence-corrected chi connectivity index (χ4v) is 3.77. The lowest BCUT2D eigenvalue weighted by Gasteiger charge is -2.32. The number of hydrogen-bond donors (Lipinski definition) is 1. The van der Waals surface area contributed by atoms with Crippen LogP contribution in [0.15, 0.2) is 48.7 Å². The molecule has 150 valence electrons. The van der Waals surface area contributed by atoms with E-state index in [4.69, 9.17) is 11.6 Å². The zero-order valence-electron chi connectivity index (χ0n) is 16.5. The van der Waals surface area contributed by atoms with Crippen molar-refractivity contribution in [2.75, 3.05) is 42.5 Å². The number of hydrogen-bond acceptors (Lipinski definition) is 4. The summed E-state index contributed by atoms with van der Waals surface area (Å²) < 4.78 is 0. The van der Waals surface area contributed by atoms with E-state index in [0.29, 0.717) is 5.02 Å². The number of nitrogens with zero attached hydrogens (tertiary/aromatic N) is 3. The van der Waals surface area contributed by atoms with Gasteiger partial charge < -0.3 is 15.1 Å². The van der Waals surface area contributed by atoms with Gasteiger partial charge >= 0.3 is 0 Å². The van der Waals surface area contributed by atoms with Crippen molar-refractivity contribution in [2.45, 2.75) is 26.2 Å². The molecule has 5 nitrogen and oxygen atoms in total. The zero-order valence-corrected chi connectivity index (χ0v) is 17.2. The van der Waals surface area contributed by atoms with Crippen LogP contribution in [-0.2, 0) is 4.79 Å². The third-order valence-electron chi connectivity index (χ3n) is 5.31. The molecule has 1 N–H and O–H groups in total. The molecule has 0 unspecified atom stereocenters. The first kappa shape index (κ1) is 20.5. The number of nitrogens with one attached hydrogen (secondary N) is 1. The van der Waals surface area contributed by atoms with Gasteiger partial charge in [-0.15, -0.1) is 0 Å². The quantitative estimate of drug-likeness (QED) is 0.681. The molecule has 28 heavy (non-hydrogen) atoms. The minimum absolute atomic E-state index is 0.0972. The van der Waals surface area contributed by atoms with Crippen molar-refractivity contribution < 1.29 is 4.79 Å². The molecule has 1 aromatic heterocycles. The molecule has 1 aliphatic heterocycles. The number of benzene rings is 1. The fourth-order valence-electron chi connectivity index (χ4n) is 3.66. The van der Waals surface area contributed by atoms with E-state index in [1.165, 1.54) is 5.69 Å². The zero-order chi connectivity index (χ0) is 19.8. The van der Waals surface area contributed by atoms with Gasteiger partial charge in [-0.3, -0.25) is 4.79 Å². The Hall–Kier alpha value is -2.27. The summed E-state index contributed by atoms with van der Waals surface area (Å²) in [5, 5.41) is 3.77. The van der Waals surface area contributed by atoms with E-state index in [0.717, 1.165) is 57.8 Å². The van der Waals surface area contributed by atoms with Crippen molar-refractivity contribution in [1.29, 1.82) is 0 Å². The molecular weight excluding hydrogens is 372 g/mol. The Morgan fingerprint density at radius 3 is 2.61 bits per heavy atom. The number of piperidine rings is 1. The first-order valence-electron chi connectivity index (χ1n) is 10.1. The number of aromatic nitrogens is 1. The van der Waals surface area contributed by atoms with Gasteiger partial charge in [0.1, 0.15) is 5.82 Å². The number of carbonyl (C=O) groups is 1. The van der Waals surface area contributed by atoms with Gasteiger partial charge in [0.2, 0.25) is 5.91 Å². The second-order valence-electron chi connectivity index (χ2n) is 7.16. The molecule has 0 spiro atoms. The second-order valence-corrected chi connectivity index (χ2v) is 7.59. The highest BCUT2D eigenvalue weighted by Gasteiger charge is 2.25. The van der Waals surface area contributed by atoms with Crippen molar-refractivity contribution in [1.82, 2.24) is 10.3 Å². The van der Waals surface area contributed by atoms with Crippen molar-refractivity contribution in [3.63, 3.8) is 0 Å². The Balaban J connectivity index is 1.37. The highest BCUT2D eigenvalue weighted by Crippen LogP contribution is 2.22. The molecule has 1 amide bonds. The van der Waals surface area contributed by atoms with E-state index in [1.54, 1.807) is 6.20 Å². The molecule has 1 fully saturated rings. The molecule has 1 saturated heterocycles. The van der Waals surface area contributed by atoms with Gasteiger partial charge in [-0.25, -0.2) is 4.98 Å². The summed E-state index contributed by atoms with van der Waals surface area (Å²) in [7, 11) is 0. The van der Waals surface area contributed by atoms with Crippen LogP contribution in [0.5, 0.6) is 0 Å². The maximum absolute atomic E-state index is 12.5. The molecule has 6 heteroatoms. The largest absolute Gasteiger partial charge is 0.372 e. The Bertz CT molecular complexity index is 730. The van der Waals surface area contributed by atoms with Crippen LogP contribution in [0.3, 0.4) is 0 Å². The fraction of sp³-hybridized carbons (Fsp3) is 0.455. The molecule has 1 aromatic carbocycles. The van der Waals surface area contributed by atoms with Gasteiger partial charge in [-0.2, -0.15) is 0 Å². The van der Waals surface area contributed by atoms with Gasteiger partial charge in [-0.1, -0.05) is 29.8 Å². The molecule has 0 radical (unpaired) electrons. The van der Waals surface area contributed by atoms with Crippen molar-refractivity contribution in [3.8, 4) is 0 Å². The smallest absolute Gasteiger partial charge is 0.223 e. The van der Waals surface area contributed by atoms with Crippen molar-refractivity contribution >= 4 is 29.0 Å². The van der Waals surface area contributed by atoms with Gasteiger partial charge in [0.25, 0.3) is 0 Å². The maximum Gasteiger partial charge on any atom is 0.223 e. The van der Waals surface area contributed by atoms with Crippen LogP contribution in [0.4, 0.5) is 11.5 Å². The summed E-state index contributed by atoms with van der Waals surface area (Å²) in [5.74, 6) is 1.22. The minimum atomic E-state index is 0.0972. The number of rotatable bonds is 8. The van der Waals surface area contributed by atoms with Gasteiger partial charge in [0, 0.05) is 50.5 Å². The van der Waals surface area contributed by atoms with Crippen LogP contribution in [0.1, 0.15) is 26.2 Å². The lowest BCUT2D eigenvalue weighted by atomic mass is 9.96. The highest BCUT2D eigenvalue weighted by atomic mass is 35.5. The Morgan fingerprint density at radius 1 is 1.21 bits per heavy atom. The number of carbonyl (C=O) groups excluding carboxylic acids is 1. The first-order valence-corrected chi connectivity index (χ1v) is 10.5. The third-order valence-corrected chi connectivity index (χ3v) is 5.53. The molecular formula is C22H29ClN4O. The van der Waals surface area contributed by atoms with E-state index >= 15 is 0 Å². The number of pyridine rings is 1. The van der Waals surface area contributed by atoms with Crippen LogP contribution in [0.2, 0.25) is 5.02 Å².